The fourth-order valence-electron chi connectivity index (χ4n) is 3.59. The lowest BCUT2D eigenvalue weighted by atomic mass is 9.89. The summed E-state index contributed by atoms with van der Waals surface area (Å²) in [6, 6.07) is 7.71. The molecule has 31 heavy (non-hydrogen) atoms. The van der Waals surface area contributed by atoms with E-state index in [1.165, 1.54) is 12.1 Å². The molecule has 0 bridgehead atoms. The van der Waals surface area contributed by atoms with Crippen LogP contribution >= 0.6 is 0 Å². The van der Waals surface area contributed by atoms with Gasteiger partial charge in [-0.2, -0.15) is 5.10 Å². The van der Waals surface area contributed by atoms with Crippen molar-refractivity contribution in [3.05, 3.63) is 54.5 Å². The number of nitrogens with one attached hydrogen (secondary N) is 2. The fourth-order valence-corrected chi connectivity index (χ4v) is 3.59. The van der Waals surface area contributed by atoms with Crippen LogP contribution in [0.1, 0.15) is 12.8 Å². The molecule has 1 aromatic heterocycles. The number of fused-ring (bicyclic) bond motifs is 1. The van der Waals surface area contributed by atoms with Crippen molar-refractivity contribution >= 4 is 16.8 Å². The average molecular weight is 424 g/mol. The second-order valence-corrected chi connectivity index (χ2v) is 8.05. The van der Waals surface area contributed by atoms with Crippen molar-refractivity contribution in [2.24, 2.45) is 0 Å². The van der Waals surface area contributed by atoms with Crippen LogP contribution in [0.25, 0.3) is 22.0 Å². The number of phenols is 1. The van der Waals surface area contributed by atoms with Gasteiger partial charge in [0.15, 0.2) is 0 Å². The van der Waals surface area contributed by atoms with Crippen molar-refractivity contribution in [2.45, 2.75) is 25.0 Å². The number of aromatic amines is 1. The zero-order valence-corrected chi connectivity index (χ0v) is 17.4. The molecule has 1 saturated carbocycles. The number of carbonyl (C=O) groups is 1. The molecule has 1 aliphatic rings. The molecule has 0 unspecified atom stereocenters. The van der Waals surface area contributed by atoms with Gasteiger partial charge in [0.2, 0.25) is 5.91 Å². The van der Waals surface area contributed by atoms with E-state index < -0.39 is 5.82 Å². The Balaban J connectivity index is 1.43. The highest BCUT2D eigenvalue weighted by atomic mass is 19.1. The Hall–Kier alpha value is -3.39. The molecule has 0 radical (unpaired) electrons. The third-order valence-corrected chi connectivity index (χ3v) is 5.26. The Morgan fingerprint density at radius 2 is 2.16 bits per heavy atom. The number of amides is 1. The number of rotatable bonds is 7. The lowest BCUT2D eigenvalue weighted by Crippen LogP contribution is -2.48. The first-order valence-corrected chi connectivity index (χ1v) is 10.1. The van der Waals surface area contributed by atoms with Crippen molar-refractivity contribution in [1.82, 2.24) is 20.4 Å². The second-order valence-electron chi connectivity index (χ2n) is 8.05. The quantitative estimate of drug-likeness (QED) is 0.507. The minimum Gasteiger partial charge on any atom is -0.508 e. The van der Waals surface area contributed by atoms with Crippen molar-refractivity contribution in [3.8, 4) is 22.6 Å². The summed E-state index contributed by atoms with van der Waals surface area (Å²) in [5.41, 5.74) is 1.72. The molecule has 1 heterocycles. The number of halogens is 1. The highest BCUT2D eigenvalue weighted by molar-refractivity contribution is 5.90. The molecule has 0 aliphatic heterocycles. The van der Waals surface area contributed by atoms with Crippen LogP contribution in [0.15, 0.2) is 48.7 Å². The van der Waals surface area contributed by atoms with Gasteiger partial charge in [-0.3, -0.25) is 9.89 Å². The molecule has 1 fully saturated rings. The number of likely N-dealkylation sites (N-methyl/N-ethyl adjacent to an activating group) is 1. The monoisotopic (exact) mass is 424 g/mol. The summed E-state index contributed by atoms with van der Waals surface area (Å²) in [5, 5.41) is 20.2. The van der Waals surface area contributed by atoms with Crippen molar-refractivity contribution < 1.29 is 19.0 Å². The number of nitrogens with zero attached hydrogens (tertiary/aromatic N) is 2. The summed E-state index contributed by atoms with van der Waals surface area (Å²) < 4.78 is 20.5. The normalized spacial score (nSPS) is 18.5. The number of H-pyrrole nitrogens is 1. The standard InChI is InChI=1S/C23H25FN4O3/c1-28(2)7-3-4-23(30)26-15-10-17(11-15)31-22-9-14(8-21-19(22)13-25-27-21)18-6-5-16(29)12-20(18)24/h3-6,8-9,12-13,15,17,29H,7,10-11H2,1-2H3,(H,25,27)(H,26,30)/b4-3+/t15-,17-. The van der Waals surface area contributed by atoms with Crippen LogP contribution < -0.4 is 10.1 Å². The highest BCUT2D eigenvalue weighted by Gasteiger charge is 2.32. The lowest BCUT2D eigenvalue weighted by Gasteiger charge is -2.35. The number of phenolic OH excluding ortho intramolecular Hbond substituents is 1. The van der Waals surface area contributed by atoms with E-state index in [0.29, 0.717) is 36.3 Å². The summed E-state index contributed by atoms with van der Waals surface area (Å²) in [5.74, 6) is -0.139. The predicted molar refractivity (Wildman–Crippen MR) is 116 cm³/mol. The summed E-state index contributed by atoms with van der Waals surface area (Å²) >= 11 is 0. The number of carbonyl (C=O) groups excluding carboxylic acids is 1. The van der Waals surface area contributed by atoms with E-state index in [1.807, 2.05) is 25.1 Å². The highest BCUT2D eigenvalue weighted by Crippen LogP contribution is 2.36. The summed E-state index contributed by atoms with van der Waals surface area (Å²) in [6.45, 7) is 0.711. The van der Waals surface area contributed by atoms with Crippen molar-refractivity contribution in [3.63, 3.8) is 0 Å². The van der Waals surface area contributed by atoms with Crippen LogP contribution in [0.3, 0.4) is 0 Å². The van der Waals surface area contributed by atoms with Gasteiger partial charge in [0.05, 0.1) is 17.1 Å². The third kappa shape index (κ3) is 4.86. The number of ether oxygens (including phenoxy) is 1. The zero-order chi connectivity index (χ0) is 22.0. The predicted octanol–water partition coefficient (Wildman–Crippen LogP) is 3.22. The topological polar surface area (TPSA) is 90.5 Å². The maximum atomic E-state index is 14.4. The van der Waals surface area contributed by atoms with Gasteiger partial charge in [0, 0.05) is 43.1 Å². The SMILES string of the molecule is CN(C)C/C=C/C(=O)N[C@H]1C[C@H](Oc2cc(-c3ccc(O)cc3F)cc3[nH]ncc23)C1. The van der Waals surface area contributed by atoms with Crippen LogP contribution in [0.5, 0.6) is 11.5 Å². The van der Waals surface area contributed by atoms with Gasteiger partial charge in [0.1, 0.15) is 23.4 Å². The zero-order valence-electron chi connectivity index (χ0n) is 17.4. The Labute approximate surface area is 179 Å². The van der Waals surface area contributed by atoms with Crippen LogP contribution in [-0.4, -0.2) is 58.9 Å². The number of hydrogen-bond donors (Lipinski definition) is 3. The summed E-state index contributed by atoms with van der Waals surface area (Å²) in [4.78, 5) is 13.9. The van der Waals surface area contributed by atoms with Gasteiger partial charge in [-0.25, -0.2) is 4.39 Å². The minimum absolute atomic E-state index is 0.0472. The molecule has 0 spiro atoms. The van der Waals surface area contributed by atoms with Gasteiger partial charge in [0.25, 0.3) is 0 Å². The molecule has 3 aromatic rings. The van der Waals surface area contributed by atoms with Crippen LogP contribution in [-0.2, 0) is 4.79 Å². The van der Waals surface area contributed by atoms with Gasteiger partial charge in [-0.1, -0.05) is 6.08 Å². The van der Waals surface area contributed by atoms with E-state index in [1.54, 1.807) is 24.4 Å². The van der Waals surface area contributed by atoms with E-state index in [4.69, 9.17) is 4.74 Å². The van der Waals surface area contributed by atoms with Crippen molar-refractivity contribution in [1.29, 1.82) is 0 Å². The van der Waals surface area contributed by atoms with E-state index >= 15 is 0 Å². The number of aromatic nitrogens is 2. The van der Waals surface area contributed by atoms with Crippen LogP contribution in [0.2, 0.25) is 0 Å². The molecule has 3 N–H and O–H groups in total. The molecule has 4 rings (SSSR count). The summed E-state index contributed by atoms with van der Waals surface area (Å²) in [6.07, 6.45) is 6.41. The maximum absolute atomic E-state index is 14.4. The number of aromatic hydroxyl groups is 1. The Bertz CT molecular complexity index is 1120. The molecule has 2 aromatic carbocycles. The minimum atomic E-state index is -0.515. The maximum Gasteiger partial charge on any atom is 0.243 e. The second kappa shape index (κ2) is 8.77. The Morgan fingerprint density at radius 1 is 1.35 bits per heavy atom. The molecular weight excluding hydrogens is 399 g/mol. The number of hydrogen-bond acceptors (Lipinski definition) is 5. The van der Waals surface area contributed by atoms with Gasteiger partial charge < -0.3 is 20.1 Å². The van der Waals surface area contributed by atoms with Gasteiger partial charge in [-0.15, -0.1) is 0 Å². The molecule has 7 nitrogen and oxygen atoms in total. The largest absolute Gasteiger partial charge is 0.508 e. The van der Waals surface area contributed by atoms with E-state index in [-0.39, 0.29) is 23.8 Å². The summed E-state index contributed by atoms with van der Waals surface area (Å²) in [7, 11) is 3.89. The van der Waals surface area contributed by atoms with E-state index in [0.717, 1.165) is 17.0 Å². The van der Waals surface area contributed by atoms with Crippen LogP contribution in [0, 0.1) is 5.82 Å². The smallest absolute Gasteiger partial charge is 0.243 e. The fraction of sp³-hybridized carbons (Fsp3) is 0.304. The Kier molecular flexibility index (Phi) is 5.90. The van der Waals surface area contributed by atoms with E-state index in [9.17, 15) is 14.3 Å². The van der Waals surface area contributed by atoms with Crippen molar-refractivity contribution in [2.75, 3.05) is 20.6 Å². The molecular formula is C23H25FN4O3. The van der Waals surface area contributed by atoms with E-state index in [2.05, 4.69) is 15.5 Å². The molecule has 8 heteroatoms. The molecule has 162 valence electrons. The van der Waals surface area contributed by atoms with Gasteiger partial charge >= 0.3 is 0 Å². The Morgan fingerprint density at radius 3 is 2.90 bits per heavy atom. The van der Waals surface area contributed by atoms with Crippen LogP contribution in [0.4, 0.5) is 4.39 Å². The number of benzene rings is 2. The molecule has 1 amide bonds. The first kappa shape index (κ1) is 20.9. The third-order valence-electron chi connectivity index (χ3n) is 5.26. The first-order valence-electron chi connectivity index (χ1n) is 10.1. The molecule has 1 aliphatic carbocycles. The lowest BCUT2D eigenvalue weighted by molar-refractivity contribution is -0.118. The molecule has 0 saturated heterocycles. The molecule has 0 atom stereocenters. The first-order chi connectivity index (χ1) is 14.9. The van der Waals surface area contributed by atoms with Gasteiger partial charge in [-0.05, 0) is 43.9 Å². The average Bonchev–Trinajstić information content (AvgIpc) is 3.14.